The Morgan fingerprint density at radius 2 is 1.97 bits per heavy atom. The molecule has 2 aliphatic rings. The molecule has 6 nitrogen and oxygen atoms in total. The predicted molar refractivity (Wildman–Crippen MR) is 108 cm³/mol. The van der Waals surface area contributed by atoms with Crippen LogP contribution >= 0.6 is 0 Å². The van der Waals surface area contributed by atoms with Crippen LogP contribution in [0.15, 0.2) is 70.4 Å². The van der Waals surface area contributed by atoms with Crippen LogP contribution in [0.1, 0.15) is 42.5 Å². The molecular weight excluding hydrogens is 368 g/mol. The van der Waals surface area contributed by atoms with Gasteiger partial charge in [-0.15, -0.1) is 0 Å². The summed E-state index contributed by atoms with van der Waals surface area (Å²) in [7, 11) is 1.66. The van der Waals surface area contributed by atoms with Gasteiger partial charge in [0.2, 0.25) is 6.23 Å². The third kappa shape index (κ3) is 3.01. The van der Waals surface area contributed by atoms with Crippen molar-refractivity contribution in [2.45, 2.75) is 25.6 Å². The summed E-state index contributed by atoms with van der Waals surface area (Å²) in [6.07, 6.45) is 1.98. The van der Waals surface area contributed by atoms with Crippen LogP contribution in [0.5, 0.6) is 17.2 Å². The number of nitrogens with zero attached hydrogens (tertiary/aromatic N) is 2. The molecule has 0 bridgehead atoms. The number of hydrogen-bond acceptors (Lipinski definition) is 6. The van der Waals surface area contributed by atoms with Crippen molar-refractivity contribution in [3.63, 3.8) is 0 Å². The maximum atomic E-state index is 6.33. The largest absolute Gasteiger partial charge is 0.494 e. The second-order valence-corrected chi connectivity index (χ2v) is 6.97. The SMILES string of the molecule is CCOc1ccc(C2=NN3[C@@H](c4ccco4)Oc4c(OC)cccc4[C@@H]3C2)cc1. The van der Waals surface area contributed by atoms with E-state index in [1.165, 1.54) is 0 Å². The molecule has 0 unspecified atom stereocenters. The van der Waals surface area contributed by atoms with Crippen LogP contribution in [0.25, 0.3) is 0 Å². The molecule has 0 spiro atoms. The summed E-state index contributed by atoms with van der Waals surface area (Å²) in [6, 6.07) is 17.9. The molecule has 3 heterocycles. The molecule has 0 N–H and O–H groups in total. The first-order chi connectivity index (χ1) is 14.3. The van der Waals surface area contributed by atoms with Gasteiger partial charge in [-0.05, 0) is 55.0 Å². The monoisotopic (exact) mass is 390 g/mol. The Kier molecular flexibility index (Phi) is 4.39. The molecule has 0 saturated heterocycles. The molecule has 2 aliphatic heterocycles. The van der Waals surface area contributed by atoms with Crippen LogP contribution in [0.2, 0.25) is 0 Å². The quantitative estimate of drug-likeness (QED) is 0.618. The molecule has 0 saturated carbocycles. The van der Waals surface area contributed by atoms with E-state index in [1.807, 2.05) is 48.3 Å². The van der Waals surface area contributed by atoms with E-state index in [-0.39, 0.29) is 6.04 Å². The summed E-state index contributed by atoms with van der Waals surface area (Å²) >= 11 is 0. The van der Waals surface area contributed by atoms with E-state index in [4.69, 9.17) is 23.7 Å². The second kappa shape index (κ2) is 7.20. The molecule has 3 aromatic rings. The van der Waals surface area contributed by atoms with Gasteiger partial charge in [-0.1, -0.05) is 12.1 Å². The lowest BCUT2D eigenvalue weighted by Crippen LogP contribution is -2.33. The first kappa shape index (κ1) is 17.7. The third-order valence-electron chi connectivity index (χ3n) is 5.29. The van der Waals surface area contributed by atoms with Crippen molar-refractivity contribution < 1.29 is 18.6 Å². The number of benzene rings is 2. The minimum absolute atomic E-state index is 0.0468. The number of hydrazone groups is 1. The molecule has 2 aromatic carbocycles. The van der Waals surface area contributed by atoms with Gasteiger partial charge in [0.25, 0.3) is 0 Å². The maximum Gasteiger partial charge on any atom is 0.246 e. The van der Waals surface area contributed by atoms with E-state index in [1.54, 1.807) is 13.4 Å². The Morgan fingerprint density at radius 3 is 2.69 bits per heavy atom. The van der Waals surface area contributed by atoms with Gasteiger partial charge in [0.1, 0.15) is 5.75 Å². The van der Waals surface area contributed by atoms with Gasteiger partial charge in [-0.25, -0.2) is 5.01 Å². The first-order valence-corrected chi connectivity index (χ1v) is 9.74. The van der Waals surface area contributed by atoms with E-state index in [2.05, 4.69) is 18.2 Å². The smallest absolute Gasteiger partial charge is 0.246 e. The minimum atomic E-state index is -0.445. The third-order valence-corrected chi connectivity index (χ3v) is 5.29. The maximum absolute atomic E-state index is 6.33. The summed E-state index contributed by atoms with van der Waals surface area (Å²) in [5.41, 5.74) is 3.15. The summed E-state index contributed by atoms with van der Waals surface area (Å²) < 4.78 is 23.1. The Balaban J connectivity index is 1.54. The summed E-state index contributed by atoms with van der Waals surface area (Å²) in [4.78, 5) is 0. The van der Waals surface area contributed by atoms with Crippen LogP contribution in [-0.4, -0.2) is 24.4 Å². The lowest BCUT2D eigenvalue weighted by atomic mass is 9.96. The topological polar surface area (TPSA) is 56.4 Å². The van der Waals surface area contributed by atoms with E-state index in [9.17, 15) is 0 Å². The van der Waals surface area contributed by atoms with Crippen LogP contribution in [0.3, 0.4) is 0 Å². The number of furan rings is 1. The highest BCUT2D eigenvalue weighted by Crippen LogP contribution is 2.50. The Morgan fingerprint density at radius 1 is 1.10 bits per heavy atom. The number of para-hydroxylation sites is 1. The van der Waals surface area contributed by atoms with Crippen molar-refractivity contribution in [3.8, 4) is 17.2 Å². The molecule has 2 atom stereocenters. The average Bonchev–Trinajstić information content (AvgIpc) is 3.44. The summed E-state index contributed by atoms with van der Waals surface area (Å²) in [5, 5.41) is 6.92. The van der Waals surface area contributed by atoms with Crippen LogP contribution < -0.4 is 14.2 Å². The van der Waals surface area contributed by atoms with Gasteiger partial charge in [0.05, 0.1) is 31.7 Å². The zero-order valence-electron chi connectivity index (χ0n) is 16.4. The van der Waals surface area contributed by atoms with E-state index < -0.39 is 6.23 Å². The molecule has 5 rings (SSSR count). The second-order valence-electron chi connectivity index (χ2n) is 6.97. The van der Waals surface area contributed by atoms with Crippen molar-refractivity contribution in [2.24, 2.45) is 5.10 Å². The van der Waals surface area contributed by atoms with Crippen molar-refractivity contribution in [1.82, 2.24) is 5.01 Å². The molecule has 6 heteroatoms. The first-order valence-electron chi connectivity index (χ1n) is 9.74. The number of rotatable bonds is 5. The van der Waals surface area contributed by atoms with E-state index >= 15 is 0 Å². The Hall–Kier alpha value is -3.41. The number of fused-ring (bicyclic) bond motifs is 3. The normalized spacial score (nSPS) is 19.8. The minimum Gasteiger partial charge on any atom is -0.494 e. The molecule has 29 heavy (non-hydrogen) atoms. The predicted octanol–water partition coefficient (Wildman–Crippen LogP) is 4.93. The molecule has 1 aromatic heterocycles. The lowest BCUT2D eigenvalue weighted by molar-refractivity contribution is -0.0342. The van der Waals surface area contributed by atoms with E-state index in [0.29, 0.717) is 18.1 Å². The Labute approximate surface area is 169 Å². The zero-order chi connectivity index (χ0) is 19.8. The zero-order valence-corrected chi connectivity index (χ0v) is 16.4. The van der Waals surface area contributed by atoms with Crippen molar-refractivity contribution in [1.29, 1.82) is 0 Å². The van der Waals surface area contributed by atoms with Gasteiger partial charge in [-0.3, -0.25) is 0 Å². The van der Waals surface area contributed by atoms with Crippen molar-refractivity contribution in [3.05, 3.63) is 77.7 Å². The summed E-state index contributed by atoms with van der Waals surface area (Å²) in [6.45, 7) is 2.63. The highest BCUT2D eigenvalue weighted by atomic mass is 16.5. The molecule has 0 aliphatic carbocycles. The molecular formula is C23H22N2O4. The van der Waals surface area contributed by atoms with Gasteiger partial charge in [0.15, 0.2) is 17.3 Å². The van der Waals surface area contributed by atoms with Crippen molar-refractivity contribution in [2.75, 3.05) is 13.7 Å². The standard InChI is InChI=1S/C23H22N2O4/c1-3-27-16-11-9-15(10-12-16)18-14-19-17-6-4-7-20(26-2)22(17)29-23(25(19)24-18)21-8-5-13-28-21/h4-13,19,23H,3,14H2,1-2H3/t19-,23+/m0/s1. The highest BCUT2D eigenvalue weighted by molar-refractivity contribution is 6.02. The fraction of sp³-hybridized carbons (Fsp3) is 0.261. The molecule has 0 radical (unpaired) electrons. The molecule has 0 amide bonds. The average molecular weight is 390 g/mol. The van der Waals surface area contributed by atoms with Crippen LogP contribution in [-0.2, 0) is 0 Å². The Bertz CT molecular complexity index is 1030. The van der Waals surface area contributed by atoms with Gasteiger partial charge >= 0.3 is 0 Å². The fourth-order valence-corrected chi connectivity index (χ4v) is 3.95. The lowest BCUT2D eigenvalue weighted by Gasteiger charge is -2.37. The van der Waals surface area contributed by atoms with Gasteiger partial charge in [0, 0.05) is 12.0 Å². The number of methoxy groups -OCH3 is 1. The fourth-order valence-electron chi connectivity index (χ4n) is 3.95. The number of ether oxygens (including phenoxy) is 3. The molecule has 0 fully saturated rings. The van der Waals surface area contributed by atoms with Crippen LogP contribution in [0.4, 0.5) is 0 Å². The van der Waals surface area contributed by atoms with E-state index in [0.717, 1.165) is 34.8 Å². The number of hydrogen-bond donors (Lipinski definition) is 0. The van der Waals surface area contributed by atoms with Gasteiger partial charge < -0.3 is 18.6 Å². The van der Waals surface area contributed by atoms with Crippen molar-refractivity contribution >= 4 is 5.71 Å². The van der Waals surface area contributed by atoms with Crippen LogP contribution in [0, 0.1) is 0 Å². The highest BCUT2D eigenvalue weighted by Gasteiger charge is 2.43. The molecule has 148 valence electrons. The van der Waals surface area contributed by atoms with Gasteiger partial charge in [-0.2, -0.15) is 5.10 Å². The summed E-state index contributed by atoms with van der Waals surface area (Å²) in [5.74, 6) is 3.04.